The van der Waals surface area contributed by atoms with Gasteiger partial charge in [-0.25, -0.2) is 0 Å². The van der Waals surface area contributed by atoms with E-state index in [0.29, 0.717) is 21.9 Å². The first-order chi connectivity index (χ1) is 8.71. The second-order valence-corrected chi connectivity index (χ2v) is 4.13. The summed E-state index contributed by atoms with van der Waals surface area (Å²) in [6, 6.07) is 8.91. The smallest absolute Gasteiger partial charge is 0.170 e. The molecule has 1 rings (SSSR count). The van der Waals surface area contributed by atoms with Gasteiger partial charge < -0.3 is 10.6 Å². The average molecular weight is 258 g/mol. The number of nitrogens with one attached hydrogen (secondary N) is 2. The number of unbranched alkanes of at least 4 members (excludes halogenated alkanes) is 1. The molecule has 0 unspecified atom stereocenters. The lowest BCUT2D eigenvalue weighted by Gasteiger charge is -2.10. The monoisotopic (exact) mass is 258 g/mol. The predicted octanol–water partition coefficient (Wildman–Crippen LogP) is 2.52. The molecule has 0 aliphatic carbocycles. The molecule has 0 radical (unpaired) electrons. The SMILES string of the molecule is CCCCNC(=S)Nc1ccc(C#N)c(C#N)c1. The van der Waals surface area contributed by atoms with Gasteiger partial charge in [0.15, 0.2) is 5.11 Å². The first kappa shape index (κ1) is 14.0. The number of nitrogens with zero attached hydrogens (tertiary/aromatic N) is 2. The topological polar surface area (TPSA) is 71.6 Å². The minimum absolute atomic E-state index is 0.346. The molecule has 5 heteroatoms. The second-order valence-electron chi connectivity index (χ2n) is 3.72. The first-order valence-electron chi connectivity index (χ1n) is 5.70. The van der Waals surface area contributed by atoms with Crippen LogP contribution in [0.3, 0.4) is 0 Å². The Morgan fingerprint density at radius 3 is 2.61 bits per heavy atom. The molecule has 0 atom stereocenters. The summed E-state index contributed by atoms with van der Waals surface area (Å²) in [7, 11) is 0. The minimum Gasteiger partial charge on any atom is -0.362 e. The van der Waals surface area contributed by atoms with E-state index in [9.17, 15) is 0 Å². The molecule has 0 aliphatic heterocycles. The summed E-state index contributed by atoms with van der Waals surface area (Å²) >= 11 is 5.12. The highest BCUT2D eigenvalue weighted by Gasteiger charge is 2.03. The van der Waals surface area contributed by atoms with Crippen LogP contribution in [0.25, 0.3) is 0 Å². The molecule has 2 N–H and O–H groups in total. The number of hydrogen-bond donors (Lipinski definition) is 2. The molecular formula is C13H14N4S. The van der Waals surface area contributed by atoms with E-state index in [1.807, 2.05) is 12.1 Å². The summed E-state index contributed by atoms with van der Waals surface area (Å²) in [5.74, 6) is 0. The standard InChI is InChI=1S/C13H14N4S/c1-2-3-6-16-13(18)17-12-5-4-10(8-14)11(7-12)9-15/h4-5,7H,2-3,6H2,1H3,(H2,16,17,18). The molecule has 0 spiro atoms. The Balaban J connectivity index is 2.66. The zero-order valence-corrected chi connectivity index (χ0v) is 11.0. The maximum atomic E-state index is 8.90. The fraction of sp³-hybridized carbons (Fsp3) is 0.308. The number of nitriles is 2. The predicted molar refractivity (Wildman–Crippen MR) is 75.0 cm³/mol. The largest absolute Gasteiger partial charge is 0.362 e. The van der Waals surface area contributed by atoms with Crippen LogP contribution >= 0.6 is 12.2 Å². The molecule has 0 bridgehead atoms. The molecule has 0 saturated carbocycles. The third-order valence-corrected chi connectivity index (χ3v) is 2.58. The summed E-state index contributed by atoms with van der Waals surface area (Å²) < 4.78 is 0. The molecule has 0 saturated heterocycles. The summed E-state index contributed by atoms with van der Waals surface area (Å²) in [4.78, 5) is 0. The Morgan fingerprint density at radius 1 is 1.28 bits per heavy atom. The number of thiocarbonyl (C=S) groups is 1. The quantitative estimate of drug-likeness (QED) is 0.641. The fourth-order valence-electron chi connectivity index (χ4n) is 1.37. The van der Waals surface area contributed by atoms with Crippen molar-refractivity contribution in [1.29, 1.82) is 10.5 Å². The number of benzene rings is 1. The second kappa shape index (κ2) is 7.26. The summed E-state index contributed by atoms with van der Waals surface area (Å²) in [6.45, 7) is 2.93. The van der Waals surface area contributed by atoms with Crippen molar-refractivity contribution in [2.75, 3.05) is 11.9 Å². The lowest BCUT2D eigenvalue weighted by atomic mass is 10.1. The maximum absolute atomic E-state index is 8.90. The summed E-state index contributed by atoms with van der Waals surface area (Å²) in [5.41, 5.74) is 1.42. The highest BCUT2D eigenvalue weighted by atomic mass is 32.1. The van der Waals surface area contributed by atoms with Gasteiger partial charge in [0.25, 0.3) is 0 Å². The summed E-state index contributed by atoms with van der Waals surface area (Å²) in [6.07, 6.45) is 2.16. The highest BCUT2D eigenvalue weighted by Crippen LogP contribution is 2.14. The van der Waals surface area contributed by atoms with E-state index in [1.165, 1.54) is 0 Å². The first-order valence-corrected chi connectivity index (χ1v) is 6.11. The van der Waals surface area contributed by atoms with Gasteiger partial charge in [0, 0.05) is 12.2 Å². The third kappa shape index (κ3) is 4.04. The van der Waals surface area contributed by atoms with E-state index >= 15 is 0 Å². The Kier molecular flexibility index (Phi) is 5.63. The molecule has 1 aromatic rings. The van der Waals surface area contributed by atoms with Crippen molar-refractivity contribution in [2.24, 2.45) is 0 Å². The van der Waals surface area contributed by atoms with E-state index < -0.39 is 0 Å². The fourth-order valence-corrected chi connectivity index (χ4v) is 1.59. The van der Waals surface area contributed by atoms with Crippen LogP contribution in [0.2, 0.25) is 0 Å². The van der Waals surface area contributed by atoms with Gasteiger partial charge in [-0.2, -0.15) is 10.5 Å². The molecule has 0 aliphatic rings. The van der Waals surface area contributed by atoms with Gasteiger partial charge in [0.2, 0.25) is 0 Å². The zero-order valence-electron chi connectivity index (χ0n) is 10.2. The lowest BCUT2D eigenvalue weighted by molar-refractivity contribution is 0.758. The van der Waals surface area contributed by atoms with Crippen molar-refractivity contribution in [3.05, 3.63) is 29.3 Å². The van der Waals surface area contributed by atoms with Gasteiger partial charge in [-0.3, -0.25) is 0 Å². The number of rotatable bonds is 4. The van der Waals surface area contributed by atoms with Crippen LogP contribution in [0.4, 0.5) is 5.69 Å². The van der Waals surface area contributed by atoms with Crippen LogP contribution in [0.1, 0.15) is 30.9 Å². The van der Waals surface area contributed by atoms with Crippen molar-refractivity contribution in [2.45, 2.75) is 19.8 Å². The van der Waals surface area contributed by atoms with Gasteiger partial charge in [0.1, 0.15) is 12.1 Å². The Bertz CT molecular complexity index is 511. The maximum Gasteiger partial charge on any atom is 0.170 e. The Hall–Kier alpha value is -2.11. The van der Waals surface area contributed by atoms with Crippen molar-refractivity contribution in [1.82, 2.24) is 5.32 Å². The zero-order chi connectivity index (χ0) is 13.4. The van der Waals surface area contributed by atoms with E-state index in [4.69, 9.17) is 22.7 Å². The summed E-state index contributed by atoms with van der Waals surface area (Å²) in [5, 5.41) is 24.3. The number of hydrogen-bond acceptors (Lipinski definition) is 3. The van der Waals surface area contributed by atoms with Crippen LogP contribution in [0.15, 0.2) is 18.2 Å². The number of anilines is 1. The lowest BCUT2D eigenvalue weighted by Crippen LogP contribution is -2.29. The van der Waals surface area contributed by atoms with Gasteiger partial charge in [0.05, 0.1) is 11.1 Å². The molecule has 0 amide bonds. The normalized spacial score (nSPS) is 9.06. The van der Waals surface area contributed by atoms with Gasteiger partial charge in [-0.1, -0.05) is 13.3 Å². The van der Waals surface area contributed by atoms with E-state index in [0.717, 1.165) is 19.4 Å². The van der Waals surface area contributed by atoms with Crippen molar-refractivity contribution in [3.63, 3.8) is 0 Å². The van der Waals surface area contributed by atoms with Crippen LogP contribution in [0.5, 0.6) is 0 Å². The third-order valence-electron chi connectivity index (χ3n) is 2.33. The van der Waals surface area contributed by atoms with Gasteiger partial charge in [-0.15, -0.1) is 0 Å². The Labute approximate surface area is 112 Å². The van der Waals surface area contributed by atoms with Gasteiger partial charge >= 0.3 is 0 Å². The molecule has 4 nitrogen and oxygen atoms in total. The molecule has 0 aromatic heterocycles. The molecule has 0 fully saturated rings. The van der Waals surface area contributed by atoms with E-state index in [1.54, 1.807) is 18.2 Å². The minimum atomic E-state index is 0.346. The molecule has 0 heterocycles. The molecule has 1 aromatic carbocycles. The van der Waals surface area contributed by atoms with Gasteiger partial charge in [-0.05, 0) is 36.8 Å². The molecular weight excluding hydrogens is 244 g/mol. The van der Waals surface area contributed by atoms with Crippen LogP contribution in [-0.2, 0) is 0 Å². The molecule has 18 heavy (non-hydrogen) atoms. The Morgan fingerprint density at radius 2 is 2.00 bits per heavy atom. The van der Waals surface area contributed by atoms with Crippen molar-refractivity contribution >= 4 is 23.0 Å². The van der Waals surface area contributed by atoms with Crippen molar-refractivity contribution < 1.29 is 0 Å². The van der Waals surface area contributed by atoms with E-state index in [2.05, 4.69) is 17.6 Å². The highest BCUT2D eigenvalue weighted by molar-refractivity contribution is 7.80. The van der Waals surface area contributed by atoms with Crippen LogP contribution in [-0.4, -0.2) is 11.7 Å². The van der Waals surface area contributed by atoms with Crippen molar-refractivity contribution in [3.8, 4) is 12.1 Å². The van der Waals surface area contributed by atoms with Crippen LogP contribution in [0, 0.1) is 22.7 Å². The van der Waals surface area contributed by atoms with Crippen LogP contribution < -0.4 is 10.6 Å². The average Bonchev–Trinajstić information content (AvgIpc) is 2.39. The molecule has 92 valence electrons. The van der Waals surface area contributed by atoms with E-state index in [-0.39, 0.29) is 0 Å².